The maximum absolute atomic E-state index is 4.65. The van der Waals surface area contributed by atoms with Gasteiger partial charge in [0.15, 0.2) is 0 Å². The summed E-state index contributed by atoms with van der Waals surface area (Å²) in [5.41, 5.74) is 2.53. The van der Waals surface area contributed by atoms with Gasteiger partial charge in [-0.2, -0.15) is 0 Å². The summed E-state index contributed by atoms with van der Waals surface area (Å²) in [7, 11) is 0. The summed E-state index contributed by atoms with van der Waals surface area (Å²) in [6, 6.07) is 0.600. The van der Waals surface area contributed by atoms with E-state index < -0.39 is 0 Å². The molecule has 0 saturated heterocycles. The largest absolute Gasteiger partial charge is 0.367 e. The van der Waals surface area contributed by atoms with Gasteiger partial charge < -0.3 is 10.6 Å². The first kappa shape index (κ1) is 12.9. The zero-order valence-corrected chi connectivity index (χ0v) is 11.8. The van der Waals surface area contributed by atoms with Crippen LogP contribution in [0.5, 0.6) is 0 Å². The van der Waals surface area contributed by atoms with Gasteiger partial charge in [-0.1, -0.05) is 25.7 Å². The van der Waals surface area contributed by atoms with Gasteiger partial charge in [0.2, 0.25) is 0 Å². The molecule has 4 heteroatoms. The fourth-order valence-electron chi connectivity index (χ4n) is 3.20. The molecule has 104 valence electrons. The summed E-state index contributed by atoms with van der Waals surface area (Å²) < 4.78 is 0. The molecule has 2 aliphatic rings. The average Bonchev–Trinajstić information content (AvgIpc) is 2.67. The van der Waals surface area contributed by atoms with Crippen molar-refractivity contribution in [3.05, 3.63) is 17.1 Å². The van der Waals surface area contributed by atoms with Crippen LogP contribution in [0.15, 0.2) is 0 Å². The third kappa shape index (κ3) is 3.06. The van der Waals surface area contributed by atoms with E-state index in [1.165, 1.54) is 49.8 Å². The predicted octanol–water partition coefficient (Wildman–Crippen LogP) is 2.57. The first-order chi connectivity index (χ1) is 9.33. The van der Waals surface area contributed by atoms with Gasteiger partial charge in [-0.05, 0) is 19.8 Å². The second kappa shape index (κ2) is 5.87. The number of anilines is 1. The van der Waals surface area contributed by atoms with Crippen molar-refractivity contribution >= 4 is 5.82 Å². The van der Waals surface area contributed by atoms with E-state index >= 15 is 0 Å². The van der Waals surface area contributed by atoms with Crippen LogP contribution in [0.1, 0.15) is 55.6 Å². The number of nitrogens with one attached hydrogen (secondary N) is 2. The van der Waals surface area contributed by atoms with Gasteiger partial charge in [-0.3, -0.25) is 0 Å². The zero-order chi connectivity index (χ0) is 13.1. The number of aryl methyl sites for hydroxylation is 1. The van der Waals surface area contributed by atoms with Crippen LogP contribution in [0, 0.1) is 6.92 Å². The molecule has 2 heterocycles. The first-order valence-corrected chi connectivity index (χ1v) is 7.66. The van der Waals surface area contributed by atoms with Crippen LogP contribution in [0.3, 0.4) is 0 Å². The van der Waals surface area contributed by atoms with Crippen LogP contribution >= 0.6 is 0 Å². The average molecular weight is 260 g/mol. The van der Waals surface area contributed by atoms with E-state index in [1.807, 2.05) is 6.92 Å². The Kier molecular flexibility index (Phi) is 3.97. The van der Waals surface area contributed by atoms with Gasteiger partial charge in [-0.25, -0.2) is 9.97 Å². The standard InChI is InChI=1S/C15H24N4/c1-11-17-14-8-9-16-10-13(14)15(18-11)19-12-6-4-2-3-5-7-12/h12,16H,2-10H2,1H3,(H,17,18,19). The van der Waals surface area contributed by atoms with E-state index in [-0.39, 0.29) is 0 Å². The molecule has 19 heavy (non-hydrogen) atoms. The van der Waals surface area contributed by atoms with Gasteiger partial charge in [0.25, 0.3) is 0 Å². The quantitative estimate of drug-likeness (QED) is 0.802. The summed E-state index contributed by atoms with van der Waals surface area (Å²) in [6.07, 6.45) is 9.07. The lowest BCUT2D eigenvalue weighted by molar-refractivity contribution is 0.600. The number of hydrogen-bond donors (Lipinski definition) is 2. The van der Waals surface area contributed by atoms with Gasteiger partial charge in [-0.15, -0.1) is 0 Å². The highest BCUT2D eigenvalue weighted by atomic mass is 15.1. The highest BCUT2D eigenvalue weighted by Gasteiger charge is 2.19. The maximum Gasteiger partial charge on any atom is 0.134 e. The summed E-state index contributed by atoms with van der Waals surface area (Å²) in [4.78, 5) is 9.24. The molecular formula is C15H24N4. The molecule has 0 spiro atoms. The van der Waals surface area contributed by atoms with Gasteiger partial charge >= 0.3 is 0 Å². The normalized spacial score (nSPS) is 20.7. The molecule has 0 bridgehead atoms. The Bertz CT molecular complexity index is 436. The molecule has 0 atom stereocenters. The van der Waals surface area contributed by atoms with E-state index in [9.17, 15) is 0 Å². The molecule has 3 rings (SSSR count). The fourth-order valence-corrected chi connectivity index (χ4v) is 3.20. The maximum atomic E-state index is 4.65. The lowest BCUT2D eigenvalue weighted by Crippen LogP contribution is -2.28. The summed E-state index contributed by atoms with van der Waals surface area (Å²) in [5.74, 6) is 1.98. The first-order valence-electron chi connectivity index (χ1n) is 7.66. The molecule has 1 aliphatic carbocycles. The molecule has 0 unspecified atom stereocenters. The smallest absolute Gasteiger partial charge is 0.134 e. The molecule has 0 amide bonds. The summed E-state index contributed by atoms with van der Waals surface area (Å²) in [6.45, 7) is 3.94. The van der Waals surface area contributed by atoms with Crippen molar-refractivity contribution < 1.29 is 0 Å². The fraction of sp³-hybridized carbons (Fsp3) is 0.733. The van der Waals surface area contributed by atoms with Crippen LogP contribution in [0.25, 0.3) is 0 Å². The molecule has 2 N–H and O–H groups in total. The second-order valence-electron chi connectivity index (χ2n) is 5.80. The van der Waals surface area contributed by atoms with Crippen LogP contribution in [-0.2, 0) is 13.0 Å². The van der Waals surface area contributed by atoms with E-state index in [4.69, 9.17) is 0 Å². The molecule has 0 aromatic carbocycles. The molecule has 1 fully saturated rings. The van der Waals surface area contributed by atoms with Gasteiger partial charge in [0, 0.05) is 31.1 Å². The minimum atomic E-state index is 0.600. The monoisotopic (exact) mass is 260 g/mol. The van der Waals surface area contributed by atoms with E-state index in [0.717, 1.165) is 31.2 Å². The number of fused-ring (bicyclic) bond motifs is 1. The Morgan fingerprint density at radius 1 is 1.11 bits per heavy atom. The second-order valence-corrected chi connectivity index (χ2v) is 5.80. The molecule has 1 aromatic rings. The Labute approximate surface area is 115 Å². The van der Waals surface area contributed by atoms with Crippen molar-refractivity contribution in [1.82, 2.24) is 15.3 Å². The van der Waals surface area contributed by atoms with Crippen LogP contribution in [-0.4, -0.2) is 22.6 Å². The number of aromatic nitrogens is 2. The van der Waals surface area contributed by atoms with Crippen molar-refractivity contribution in [1.29, 1.82) is 0 Å². The van der Waals surface area contributed by atoms with Gasteiger partial charge in [0.1, 0.15) is 11.6 Å². The third-order valence-electron chi connectivity index (χ3n) is 4.24. The van der Waals surface area contributed by atoms with Crippen molar-refractivity contribution in [2.75, 3.05) is 11.9 Å². The molecular weight excluding hydrogens is 236 g/mol. The van der Waals surface area contributed by atoms with Crippen LogP contribution < -0.4 is 10.6 Å². The van der Waals surface area contributed by atoms with Crippen LogP contribution in [0.4, 0.5) is 5.82 Å². The Balaban J connectivity index is 1.81. The number of rotatable bonds is 2. The Hall–Kier alpha value is -1.16. The minimum absolute atomic E-state index is 0.600. The minimum Gasteiger partial charge on any atom is -0.367 e. The molecule has 4 nitrogen and oxygen atoms in total. The number of hydrogen-bond acceptors (Lipinski definition) is 4. The molecule has 1 aromatic heterocycles. The topological polar surface area (TPSA) is 49.8 Å². The summed E-state index contributed by atoms with van der Waals surface area (Å²) >= 11 is 0. The third-order valence-corrected chi connectivity index (χ3v) is 4.24. The van der Waals surface area contributed by atoms with Crippen molar-refractivity contribution in [3.8, 4) is 0 Å². The Morgan fingerprint density at radius 3 is 2.68 bits per heavy atom. The van der Waals surface area contributed by atoms with Crippen molar-refractivity contribution in [2.45, 2.75) is 64.5 Å². The highest BCUT2D eigenvalue weighted by molar-refractivity contribution is 5.48. The van der Waals surface area contributed by atoms with Crippen molar-refractivity contribution in [3.63, 3.8) is 0 Å². The molecule has 0 radical (unpaired) electrons. The lowest BCUT2D eigenvalue weighted by atomic mass is 10.1. The van der Waals surface area contributed by atoms with Crippen LogP contribution in [0.2, 0.25) is 0 Å². The summed E-state index contributed by atoms with van der Waals surface area (Å²) in [5, 5.41) is 7.13. The van der Waals surface area contributed by atoms with E-state index in [2.05, 4.69) is 20.6 Å². The molecule has 1 saturated carbocycles. The zero-order valence-electron chi connectivity index (χ0n) is 11.8. The molecule has 1 aliphatic heterocycles. The predicted molar refractivity (Wildman–Crippen MR) is 77.3 cm³/mol. The van der Waals surface area contributed by atoms with Gasteiger partial charge in [0.05, 0.1) is 5.69 Å². The lowest BCUT2D eigenvalue weighted by Gasteiger charge is -2.23. The SMILES string of the molecule is Cc1nc2c(c(NC3CCCCCC3)n1)CNCC2. The number of nitrogens with zero attached hydrogens (tertiary/aromatic N) is 2. The van der Waals surface area contributed by atoms with Crippen molar-refractivity contribution in [2.24, 2.45) is 0 Å². The highest BCUT2D eigenvalue weighted by Crippen LogP contribution is 2.24. The Morgan fingerprint density at radius 2 is 1.89 bits per heavy atom. The van der Waals surface area contributed by atoms with E-state index in [0.29, 0.717) is 6.04 Å². The van der Waals surface area contributed by atoms with E-state index in [1.54, 1.807) is 0 Å².